The number of hydrogen-bond acceptors (Lipinski definition) is 7. The van der Waals surface area contributed by atoms with Gasteiger partial charge in [0.05, 0.1) is 23.9 Å². The number of thiazole rings is 1. The summed E-state index contributed by atoms with van der Waals surface area (Å²) in [6.07, 6.45) is 0.00942. The summed E-state index contributed by atoms with van der Waals surface area (Å²) in [7, 11) is 3.16. The zero-order chi connectivity index (χ0) is 15.9. The van der Waals surface area contributed by atoms with E-state index in [-0.39, 0.29) is 12.3 Å². The highest BCUT2D eigenvalue weighted by molar-refractivity contribution is 7.22. The summed E-state index contributed by atoms with van der Waals surface area (Å²) in [6.45, 7) is 3.07. The number of anilines is 1. The number of carbonyl (C=O) groups excluding carboxylic acids is 2. The summed E-state index contributed by atoms with van der Waals surface area (Å²) in [5, 5.41) is 7.84. The van der Waals surface area contributed by atoms with E-state index in [1.807, 2.05) is 18.9 Å². The molecular weight excluding hydrogens is 306 g/mol. The van der Waals surface area contributed by atoms with Crippen LogP contribution in [0.4, 0.5) is 5.13 Å². The SMILES string of the molecule is COC(=O)C[C@H]1C(=O)NCCN1c1nc2c(s1)c(C)nn2C. The standard InChI is InChI=1S/C13H17N5O3S/c1-7-10-11(17(2)16-7)15-13(22-10)18-5-4-14-12(20)8(18)6-9(19)21-3/h8H,4-6H2,1-3H3,(H,14,20)/t8-/m0/s1. The third-order valence-electron chi connectivity index (χ3n) is 3.70. The Bertz CT molecular complexity index is 703. The topological polar surface area (TPSA) is 89.3 Å². The maximum absolute atomic E-state index is 12.1. The molecule has 0 spiro atoms. The fourth-order valence-electron chi connectivity index (χ4n) is 2.58. The van der Waals surface area contributed by atoms with Gasteiger partial charge in [-0.15, -0.1) is 0 Å². The average molecular weight is 323 g/mol. The lowest BCUT2D eigenvalue weighted by Crippen LogP contribution is -2.56. The van der Waals surface area contributed by atoms with E-state index in [9.17, 15) is 9.59 Å². The average Bonchev–Trinajstić information content (AvgIpc) is 3.03. The maximum atomic E-state index is 12.1. The van der Waals surface area contributed by atoms with E-state index in [0.717, 1.165) is 21.2 Å². The van der Waals surface area contributed by atoms with Crippen molar-refractivity contribution in [2.75, 3.05) is 25.1 Å². The van der Waals surface area contributed by atoms with Gasteiger partial charge in [-0.05, 0) is 6.92 Å². The maximum Gasteiger partial charge on any atom is 0.308 e. The van der Waals surface area contributed by atoms with Gasteiger partial charge < -0.3 is 15.0 Å². The largest absolute Gasteiger partial charge is 0.469 e. The highest BCUT2D eigenvalue weighted by Crippen LogP contribution is 2.32. The molecule has 2 aromatic heterocycles. The van der Waals surface area contributed by atoms with Gasteiger partial charge in [0.2, 0.25) is 5.91 Å². The second kappa shape index (κ2) is 5.56. The lowest BCUT2D eigenvalue weighted by Gasteiger charge is -2.34. The van der Waals surface area contributed by atoms with Crippen LogP contribution in [0, 0.1) is 6.92 Å². The predicted octanol–water partition coefficient (Wildman–Crippen LogP) is 0.206. The van der Waals surface area contributed by atoms with Crippen molar-refractivity contribution in [2.45, 2.75) is 19.4 Å². The van der Waals surface area contributed by atoms with Crippen LogP contribution >= 0.6 is 11.3 Å². The molecule has 0 radical (unpaired) electrons. The first-order valence-corrected chi connectivity index (χ1v) is 7.74. The van der Waals surface area contributed by atoms with E-state index in [2.05, 4.69) is 15.4 Å². The molecule has 1 amide bonds. The minimum atomic E-state index is -0.588. The lowest BCUT2D eigenvalue weighted by molar-refractivity contribution is -0.143. The molecule has 1 N–H and O–H groups in total. The van der Waals surface area contributed by atoms with Crippen LogP contribution < -0.4 is 10.2 Å². The zero-order valence-corrected chi connectivity index (χ0v) is 13.4. The Morgan fingerprint density at radius 1 is 1.55 bits per heavy atom. The quantitative estimate of drug-likeness (QED) is 0.812. The first-order valence-electron chi connectivity index (χ1n) is 6.92. The van der Waals surface area contributed by atoms with Crippen LogP contribution in [-0.2, 0) is 21.4 Å². The van der Waals surface area contributed by atoms with Crippen LogP contribution in [0.5, 0.6) is 0 Å². The molecule has 9 heteroatoms. The van der Waals surface area contributed by atoms with Crippen LogP contribution in [0.1, 0.15) is 12.1 Å². The van der Waals surface area contributed by atoms with Gasteiger partial charge in [-0.25, -0.2) is 9.67 Å². The number of nitrogens with zero attached hydrogens (tertiary/aromatic N) is 4. The van der Waals surface area contributed by atoms with Crippen LogP contribution in [0.2, 0.25) is 0 Å². The molecule has 3 rings (SSSR count). The van der Waals surface area contributed by atoms with E-state index in [0.29, 0.717) is 13.1 Å². The van der Waals surface area contributed by atoms with E-state index in [4.69, 9.17) is 4.74 Å². The molecule has 0 bridgehead atoms. The molecule has 8 nitrogen and oxygen atoms in total. The number of amides is 1. The number of fused-ring (bicyclic) bond motifs is 1. The first-order chi connectivity index (χ1) is 10.5. The number of methoxy groups -OCH3 is 1. The van der Waals surface area contributed by atoms with Gasteiger partial charge in [-0.1, -0.05) is 11.3 Å². The van der Waals surface area contributed by atoms with Crippen LogP contribution in [0.25, 0.3) is 10.3 Å². The molecule has 0 aliphatic carbocycles. The summed E-state index contributed by atoms with van der Waals surface area (Å²) >= 11 is 1.49. The summed E-state index contributed by atoms with van der Waals surface area (Å²) in [4.78, 5) is 30.2. The van der Waals surface area contributed by atoms with Gasteiger partial charge in [0.15, 0.2) is 10.8 Å². The van der Waals surface area contributed by atoms with Crippen molar-refractivity contribution in [2.24, 2.45) is 7.05 Å². The summed E-state index contributed by atoms with van der Waals surface area (Å²) in [5.74, 6) is -0.586. The molecule has 1 aliphatic rings. The summed E-state index contributed by atoms with van der Waals surface area (Å²) in [5.41, 5.74) is 1.70. The van der Waals surface area contributed by atoms with Gasteiger partial charge in [-0.2, -0.15) is 5.10 Å². The van der Waals surface area contributed by atoms with Gasteiger partial charge >= 0.3 is 5.97 Å². The molecule has 1 aliphatic heterocycles. The molecule has 0 unspecified atom stereocenters. The van der Waals surface area contributed by atoms with Gasteiger partial charge in [0, 0.05) is 20.1 Å². The number of carbonyl (C=O) groups is 2. The Morgan fingerprint density at radius 2 is 2.32 bits per heavy atom. The molecule has 118 valence electrons. The number of aromatic nitrogens is 3. The second-order valence-corrected chi connectivity index (χ2v) is 6.12. The minimum Gasteiger partial charge on any atom is -0.469 e. The number of esters is 1. The van der Waals surface area contributed by atoms with Crippen molar-refractivity contribution in [3.63, 3.8) is 0 Å². The zero-order valence-electron chi connectivity index (χ0n) is 12.6. The Hall–Kier alpha value is -2.16. The van der Waals surface area contributed by atoms with E-state index < -0.39 is 12.0 Å². The second-order valence-electron chi connectivity index (χ2n) is 5.14. The molecule has 1 fully saturated rings. The van der Waals surface area contributed by atoms with Crippen molar-refractivity contribution >= 4 is 38.7 Å². The van der Waals surface area contributed by atoms with E-state index >= 15 is 0 Å². The van der Waals surface area contributed by atoms with Crippen LogP contribution in [-0.4, -0.2) is 52.9 Å². The predicted molar refractivity (Wildman–Crippen MR) is 81.9 cm³/mol. The summed E-state index contributed by atoms with van der Waals surface area (Å²) < 4.78 is 7.42. The molecule has 1 saturated heterocycles. The van der Waals surface area contributed by atoms with E-state index in [1.165, 1.54) is 18.4 Å². The van der Waals surface area contributed by atoms with Crippen LogP contribution in [0.15, 0.2) is 0 Å². The van der Waals surface area contributed by atoms with Crippen molar-refractivity contribution in [3.8, 4) is 0 Å². The highest BCUT2D eigenvalue weighted by Gasteiger charge is 2.34. The molecule has 1 atom stereocenters. The van der Waals surface area contributed by atoms with Crippen molar-refractivity contribution in [1.29, 1.82) is 0 Å². The van der Waals surface area contributed by atoms with Crippen molar-refractivity contribution in [1.82, 2.24) is 20.1 Å². The Morgan fingerprint density at radius 3 is 3.00 bits per heavy atom. The third-order valence-corrected chi connectivity index (χ3v) is 4.89. The van der Waals surface area contributed by atoms with Crippen LogP contribution in [0.3, 0.4) is 0 Å². The third kappa shape index (κ3) is 2.41. The highest BCUT2D eigenvalue weighted by atomic mass is 32.1. The smallest absolute Gasteiger partial charge is 0.308 e. The monoisotopic (exact) mass is 323 g/mol. The molecule has 22 heavy (non-hydrogen) atoms. The number of aryl methyl sites for hydroxylation is 2. The van der Waals surface area contributed by atoms with Gasteiger partial charge in [0.1, 0.15) is 6.04 Å². The molecule has 0 saturated carbocycles. The van der Waals surface area contributed by atoms with E-state index in [1.54, 1.807) is 4.68 Å². The number of ether oxygens (including phenoxy) is 1. The fourth-order valence-corrected chi connectivity index (χ4v) is 3.69. The van der Waals surface area contributed by atoms with Gasteiger partial charge in [0.25, 0.3) is 0 Å². The molecule has 3 heterocycles. The number of rotatable bonds is 3. The normalized spacial score (nSPS) is 18.6. The first kappa shape index (κ1) is 14.8. The number of hydrogen-bond donors (Lipinski definition) is 1. The lowest BCUT2D eigenvalue weighted by atomic mass is 10.1. The van der Waals surface area contributed by atoms with Crippen molar-refractivity contribution < 1.29 is 14.3 Å². The van der Waals surface area contributed by atoms with Gasteiger partial charge in [-0.3, -0.25) is 9.59 Å². The fraction of sp³-hybridized carbons (Fsp3) is 0.538. The molecular formula is C13H17N5O3S. The Kier molecular flexibility index (Phi) is 3.73. The molecule has 0 aromatic carbocycles. The minimum absolute atomic E-state index is 0.00942. The van der Waals surface area contributed by atoms with Crippen molar-refractivity contribution in [3.05, 3.63) is 5.69 Å². The Labute approximate surface area is 131 Å². The molecule has 2 aromatic rings. The number of piperazine rings is 1. The number of nitrogens with one attached hydrogen (secondary N) is 1. The summed E-state index contributed by atoms with van der Waals surface area (Å²) in [6, 6.07) is -0.588. The Balaban J connectivity index is 1.96.